The Kier molecular flexibility index (Phi) is 4.31. The number of hydrogen-bond donors (Lipinski definition) is 3. The Balaban J connectivity index is 1.90. The number of hydrogen-bond acceptors (Lipinski definition) is 4. The van der Waals surface area contributed by atoms with Gasteiger partial charge in [0.05, 0.1) is 12.6 Å². The summed E-state index contributed by atoms with van der Waals surface area (Å²) in [7, 11) is 0. The van der Waals surface area contributed by atoms with Crippen LogP contribution in [0.15, 0.2) is 0 Å². The predicted molar refractivity (Wildman–Crippen MR) is 79.4 cm³/mol. The minimum absolute atomic E-state index is 0.0289. The summed E-state index contributed by atoms with van der Waals surface area (Å²) in [6.45, 7) is 9.18. The van der Waals surface area contributed by atoms with E-state index in [0.717, 1.165) is 6.42 Å². The third-order valence-corrected chi connectivity index (χ3v) is 4.95. The van der Waals surface area contributed by atoms with Crippen LogP contribution in [0.2, 0.25) is 0 Å². The number of ether oxygens (including phenoxy) is 1. The van der Waals surface area contributed by atoms with Gasteiger partial charge in [-0.15, -0.1) is 0 Å². The molecule has 0 aromatic carbocycles. The molecule has 3 unspecified atom stereocenters. The molecule has 4 N–H and O–H groups in total. The lowest BCUT2D eigenvalue weighted by molar-refractivity contribution is -0.175. The summed E-state index contributed by atoms with van der Waals surface area (Å²) >= 11 is 0. The third-order valence-electron chi connectivity index (χ3n) is 4.95. The van der Waals surface area contributed by atoms with E-state index in [2.05, 4.69) is 10.6 Å². The van der Waals surface area contributed by atoms with Gasteiger partial charge in [0.2, 0.25) is 11.8 Å². The Labute approximate surface area is 126 Å². The van der Waals surface area contributed by atoms with E-state index in [0.29, 0.717) is 19.1 Å². The number of nitrogens with two attached hydrogens (primary N) is 1. The summed E-state index contributed by atoms with van der Waals surface area (Å²) in [6, 6.07) is 0. The zero-order valence-electron chi connectivity index (χ0n) is 13.4. The summed E-state index contributed by atoms with van der Waals surface area (Å²) in [5.41, 5.74) is 5.03. The lowest BCUT2D eigenvalue weighted by Crippen LogP contribution is -2.80. The van der Waals surface area contributed by atoms with Crippen molar-refractivity contribution in [3.05, 3.63) is 0 Å². The lowest BCUT2D eigenvalue weighted by Gasteiger charge is -2.60. The molecule has 3 atom stereocenters. The minimum Gasteiger partial charge on any atom is -0.377 e. The minimum atomic E-state index is -0.952. The first-order valence-electron chi connectivity index (χ1n) is 7.66. The highest BCUT2D eigenvalue weighted by Gasteiger charge is 2.71. The maximum atomic E-state index is 12.5. The first kappa shape index (κ1) is 16.2. The van der Waals surface area contributed by atoms with Crippen LogP contribution >= 0.6 is 0 Å². The average Bonchev–Trinajstić information content (AvgIpc) is 2.89. The van der Waals surface area contributed by atoms with Crippen molar-refractivity contribution in [2.75, 3.05) is 19.7 Å². The van der Waals surface area contributed by atoms with E-state index in [-0.39, 0.29) is 30.4 Å². The first-order valence-corrected chi connectivity index (χ1v) is 7.66. The van der Waals surface area contributed by atoms with Crippen LogP contribution in [0.1, 0.15) is 34.1 Å². The second kappa shape index (κ2) is 5.57. The molecule has 0 spiro atoms. The Bertz CT molecular complexity index is 436. The molecule has 1 aliphatic carbocycles. The van der Waals surface area contributed by atoms with Gasteiger partial charge >= 0.3 is 0 Å². The van der Waals surface area contributed by atoms with E-state index in [4.69, 9.17) is 10.5 Å². The monoisotopic (exact) mass is 297 g/mol. The van der Waals surface area contributed by atoms with Crippen molar-refractivity contribution in [3.63, 3.8) is 0 Å². The van der Waals surface area contributed by atoms with E-state index in [1.54, 1.807) is 0 Å². The molecule has 2 aliphatic rings. The van der Waals surface area contributed by atoms with Crippen LogP contribution in [0.3, 0.4) is 0 Å². The van der Waals surface area contributed by atoms with Crippen molar-refractivity contribution in [1.82, 2.24) is 10.6 Å². The van der Waals surface area contributed by atoms with Crippen LogP contribution in [0, 0.1) is 17.3 Å². The summed E-state index contributed by atoms with van der Waals surface area (Å²) in [6.07, 6.45) is 0.848. The maximum Gasteiger partial charge on any atom is 0.241 e. The molecule has 0 aromatic rings. The van der Waals surface area contributed by atoms with Gasteiger partial charge in [0.15, 0.2) is 0 Å². The van der Waals surface area contributed by atoms with Crippen LogP contribution in [-0.4, -0.2) is 43.2 Å². The van der Waals surface area contributed by atoms with E-state index >= 15 is 0 Å². The summed E-state index contributed by atoms with van der Waals surface area (Å²) in [5, 5.41) is 5.46. The molecule has 6 nitrogen and oxygen atoms in total. The Morgan fingerprint density at radius 3 is 2.62 bits per heavy atom. The summed E-state index contributed by atoms with van der Waals surface area (Å²) in [4.78, 5) is 24.2. The van der Waals surface area contributed by atoms with Gasteiger partial charge in [-0.25, -0.2) is 0 Å². The molecule has 2 fully saturated rings. The van der Waals surface area contributed by atoms with Gasteiger partial charge < -0.3 is 21.1 Å². The molecule has 0 radical (unpaired) electrons. The van der Waals surface area contributed by atoms with Gasteiger partial charge in [-0.1, -0.05) is 27.7 Å². The lowest BCUT2D eigenvalue weighted by atomic mass is 9.48. The highest BCUT2D eigenvalue weighted by molar-refractivity contribution is 5.92. The number of carbonyl (C=O) groups is 2. The fourth-order valence-electron chi connectivity index (χ4n) is 3.53. The number of amides is 2. The van der Waals surface area contributed by atoms with Crippen LogP contribution in [-0.2, 0) is 14.3 Å². The number of carbonyl (C=O) groups excluding carboxylic acids is 2. The first-order chi connectivity index (χ1) is 9.71. The highest BCUT2D eigenvalue weighted by Crippen LogP contribution is 2.58. The van der Waals surface area contributed by atoms with E-state index in [1.807, 2.05) is 27.7 Å². The molecule has 2 rings (SSSR count). The molecule has 2 amide bonds. The molecular weight excluding hydrogens is 270 g/mol. The molecule has 21 heavy (non-hydrogen) atoms. The molecule has 1 aliphatic heterocycles. The van der Waals surface area contributed by atoms with Crippen LogP contribution in [0.5, 0.6) is 0 Å². The van der Waals surface area contributed by atoms with E-state index in [9.17, 15) is 9.59 Å². The summed E-state index contributed by atoms with van der Waals surface area (Å²) < 4.78 is 5.66. The standard InChI is InChI=1S/C15H27N3O3/c1-9(2)7-17-11(19)8-18-13(20)15(16)10-5-6-21-12(10)14(15,3)4/h9-10,12H,5-8,16H2,1-4H3,(H,17,19)(H,18,20). The van der Waals surface area contributed by atoms with Crippen molar-refractivity contribution in [2.24, 2.45) is 23.0 Å². The zero-order chi connectivity index (χ0) is 15.8. The van der Waals surface area contributed by atoms with Crippen molar-refractivity contribution in [3.8, 4) is 0 Å². The fraction of sp³-hybridized carbons (Fsp3) is 0.867. The number of nitrogens with one attached hydrogen (secondary N) is 2. The number of fused-ring (bicyclic) bond motifs is 1. The van der Waals surface area contributed by atoms with Gasteiger partial charge in [-0.05, 0) is 12.3 Å². The number of rotatable bonds is 5. The van der Waals surface area contributed by atoms with Crippen molar-refractivity contribution < 1.29 is 14.3 Å². The molecule has 0 aromatic heterocycles. The van der Waals surface area contributed by atoms with Gasteiger partial charge in [-0.2, -0.15) is 0 Å². The summed E-state index contributed by atoms with van der Waals surface area (Å²) in [5.74, 6) is -0.00497. The second-order valence-corrected chi connectivity index (χ2v) is 7.16. The fourth-order valence-corrected chi connectivity index (χ4v) is 3.53. The van der Waals surface area contributed by atoms with Crippen LogP contribution in [0.4, 0.5) is 0 Å². The SMILES string of the molecule is CC(C)CNC(=O)CNC(=O)C1(N)C2CCOC2C1(C)C. The van der Waals surface area contributed by atoms with Crippen LogP contribution in [0.25, 0.3) is 0 Å². The average molecular weight is 297 g/mol. The van der Waals surface area contributed by atoms with Gasteiger partial charge in [-0.3, -0.25) is 9.59 Å². The molecular formula is C15H27N3O3. The van der Waals surface area contributed by atoms with Crippen molar-refractivity contribution in [2.45, 2.75) is 45.8 Å². The van der Waals surface area contributed by atoms with Gasteiger partial charge in [0, 0.05) is 24.5 Å². The largest absolute Gasteiger partial charge is 0.377 e. The normalized spacial score (nSPS) is 33.2. The second-order valence-electron chi connectivity index (χ2n) is 7.16. The van der Waals surface area contributed by atoms with Gasteiger partial charge in [0.1, 0.15) is 5.54 Å². The predicted octanol–water partition coefficient (Wildman–Crippen LogP) is 0.0172. The molecule has 120 valence electrons. The van der Waals surface area contributed by atoms with Crippen molar-refractivity contribution >= 4 is 11.8 Å². The Hall–Kier alpha value is -1.14. The molecule has 6 heteroatoms. The highest BCUT2D eigenvalue weighted by atomic mass is 16.5. The maximum absolute atomic E-state index is 12.5. The molecule has 0 bridgehead atoms. The quantitative estimate of drug-likeness (QED) is 0.667. The molecule has 1 saturated heterocycles. The molecule has 1 heterocycles. The molecule has 1 saturated carbocycles. The van der Waals surface area contributed by atoms with Gasteiger partial charge in [0.25, 0.3) is 0 Å². The van der Waals surface area contributed by atoms with E-state index < -0.39 is 11.0 Å². The zero-order valence-corrected chi connectivity index (χ0v) is 13.4. The van der Waals surface area contributed by atoms with Crippen LogP contribution < -0.4 is 16.4 Å². The van der Waals surface area contributed by atoms with E-state index in [1.165, 1.54) is 0 Å². The topological polar surface area (TPSA) is 93.5 Å². The smallest absolute Gasteiger partial charge is 0.241 e. The third kappa shape index (κ3) is 2.55. The Morgan fingerprint density at radius 1 is 1.33 bits per heavy atom. The Morgan fingerprint density at radius 2 is 2.00 bits per heavy atom. The van der Waals surface area contributed by atoms with Crippen molar-refractivity contribution in [1.29, 1.82) is 0 Å².